The van der Waals surface area contributed by atoms with Gasteiger partial charge in [0.15, 0.2) is 0 Å². The van der Waals surface area contributed by atoms with Gasteiger partial charge in [0.1, 0.15) is 11.4 Å². The van der Waals surface area contributed by atoms with E-state index in [9.17, 15) is 0 Å². The Morgan fingerprint density at radius 3 is 2.96 bits per heavy atom. The summed E-state index contributed by atoms with van der Waals surface area (Å²) in [6.45, 7) is 2.85. The van der Waals surface area contributed by atoms with Gasteiger partial charge < -0.3 is 14.8 Å². The van der Waals surface area contributed by atoms with E-state index in [4.69, 9.17) is 9.47 Å². The van der Waals surface area contributed by atoms with Crippen LogP contribution >= 0.6 is 11.3 Å². The lowest BCUT2D eigenvalue weighted by atomic mass is 10.2. The fraction of sp³-hybridized carbons (Fsp3) is 0.333. The molecule has 1 aliphatic heterocycles. The number of nitrogens with zero attached hydrogens (tertiary/aromatic N) is 3. The van der Waals surface area contributed by atoms with E-state index in [1.165, 1.54) is 5.56 Å². The van der Waals surface area contributed by atoms with E-state index in [-0.39, 0.29) is 6.10 Å². The highest BCUT2D eigenvalue weighted by atomic mass is 32.1. The fourth-order valence-electron chi connectivity index (χ4n) is 2.93. The van der Waals surface area contributed by atoms with Crippen LogP contribution in [0.2, 0.25) is 0 Å². The van der Waals surface area contributed by atoms with E-state index in [2.05, 4.69) is 44.6 Å². The Kier molecular flexibility index (Phi) is 4.78. The summed E-state index contributed by atoms with van der Waals surface area (Å²) < 4.78 is 13.1. The van der Waals surface area contributed by atoms with Crippen LogP contribution in [-0.4, -0.2) is 34.8 Å². The molecule has 0 unspecified atom stereocenters. The van der Waals surface area contributed by atoms with Gasteiger partial charge in [-0.05, 0) is 29.1 Å². The molecule has 4 rings (SSSR count). The van der Waals surface area contributed by atoms with Crippen molar-refractivity contribution in [1.82, 2.24) is 20.3 Å². The minimum Gasteiger partial charge on any atom is -0.497 e. The third-order valence-corrected chi connectivity index (χ3v) is 5.01. The fourth-order valence-corrected chi connectivity index (χ4v) is 3.57. The zero-order valence-corrected chi connectivity index (χ0v) is 14.8. The molecule has 0 radical (unpaired) electrons. The van der Waals surface area contributed by atoms with E-state index in [0.717, 1.165) is 42.3 Å². The van der Waals surface area contributed by atoms with Gasteiger partial charge in [-0.2, -0.15) is 11.3 Å². The Labute approximate surface area is 150 Å². The second-order valence-electron chi connectivity index (χ2n) is 5.99. The number of aromatic nitrogens is 3. The van der Waals surface area contributed by atoms with Gasteiger partial charge in [-0.3, -0.25) is 0 Å². The van der Waals surface area contributed by atoms with Gasteiger partial charge in [-0.15, -0.1) is 5.10 Å². The highest BCUT2D eigenvalue weighted by molar-refractivity contribution is 7.08. The number of hydrogen-bond acceptors (Lipinski definition) is 6. The van der Waals surface area contributed by atoms with Gasteiger partial charge in [-0.25, -0.2) is 4.68 Å². The van der Waals surface area contributed by atoms with Crippen molar-refractivity contribution >= 4 is 11.3 Å². The van der Waals surface area contributed by atoms with Crippen molar-refractivity contribution in [1.29, 1.82) is 0 Å². The number of hydrogen-bond donors (Lipinski definition) is 1. The summed E-state index contributed by atoms with van der Waals surface area (Å²) in [4.78, 5) is 0. The third-order valence-electron chi connectivity index (χ3n) is 4.32. The Hall–Kier alpha value is -2.22. The van der Waals surface area contributed by atoms with E-state index in [1.54, 1.807) is 18.4 Å². The molecule has 2 aromatic heterocycles. The van der Waals surface area contributed by atoms with Gasteiger partial charge in [0.25, 0.3) is 0 Å². The smallest absolute Gasteiger partial charge is 0.119 e. The largest absolute Gasteiger partial charge is 0.497 e. The van der Waals surface area contributed by atoms with Gasteiger partial charge in [-0.1, -0.05) is 17.3 Å². The molecule has 3 heterocycles. The van der Waals surface area contributed by atoms with Crippen molar-refractivity contribution in [2.75, 3.05) is 13.7 Å². The van der Waals surface area contributed by atoms with Crippen LogP contribution in [0.5, 0.6) is 5.75 Å². The Morgan fingerprint density at radius 2 is 2.20 bits per heavy atom. The number of benzene rings is 1. The first-order valence-electron chi connectivity index (χ1n) is 8.23. The zero-order chi connectivity index (χ0) is 17.1. The average molecular weight is 356 g/mol. The number of fused-ring (bicyclic) bond motifs is 1. The molecule has 0 fully saturated rings. The van der Waals surface area contributed by atoms with Crippen molar-refractivity contribution in [3.05, 3.63) is 52.3 Å². The third kappa shape index (κ3) is 3.58. The van der Waals surface area contributed by atoms with E-state index < -0.39 is 0 Å². The normalized spacial score (nSPS) is 16.6. The summed E-state index contributed by atoms with van der Waals surface area (Å²) >= 11 is 1.66. The Bertz CT molecular complexity index is 814. The van der Waals surface area contributed by atoms with Crippen LogP contribution < -0.4 is 10.1 Å². The molecule has 0 saturated heterocycles. The van der Waals surface area contributed by atoms with Crippen molar-refractivity contribution in [3.8, 4) is 17.0 Å². The maximum absolute atomic E-state index is 6.00. The summed E-state index contributed by atoms with van der Waals surface area (Å²) in [5.41, 5.74) is 4.33. The first kappa shape index (κ1) is 16.3. The first-order valence-corrected chi connectivity index (χ1v) is 9.18. The summed E-state index contributed by atoms with van der Waals surface area (Å²) in [7, 11) is 1.68. The van der Waals surface area contributed by atoms with Gasteiger partial charge in [0, 0.05) is 24.0 Å². The maximum atomic E-state index is 6.00. The Balaban J connectivity index is 1.32. The van der Waals surface area contributed by atoms with Crippen molar-refractivity contribution < 1.29 is 9.47 Å². The topological polar surface area (TPSA) is 61.2 Å². The molecule has 0 amide bonds. The summed E-state index contributed by atoms with van der Waals surface area (Å²) in [5.74, 6) is 0.875. The molecule has 1 atom stereocenters. The number of methoxy groups -OCH3 is 1. The maximum Gasteiger partial charge on any atom is 0.119 e. The van der Waals surface area contributed by atoms with Gasteiger partial charge >= 0.3 is 0 Å². The lowest BCUT2D eigenvalue weighted by Gasteiger charge is -2.24. The minimum absolute atomic E-state index is 0.0998. The molecule has 1 aromatic carbocycles. The van der Waals surface area contributed by atoms with Crippen LogP contribution in [0.1, 0.15) is 11.3 Å². The predicted molar refractivity (Wildman–Crippen MR) is 96.6 cm³/mol. The quantitative estimate of drug-likeness (QED) is 0.736. The molecule has 6 nitrogen and oxygen atoms in total. The van der Waals surface area contributed by atoms with Crippen molar-refractivity contribution in [2.24, 2.45) is 0 Å². The molecule has 0 bridgehead atoms. The number of nitrogens with one attached hydrogen (secondary N) is 1. The van der Waals surface area contributed by atoms with Gasteiger partial charge in [0.05, 0.1) is 32.1 Å². The number of ether oxygens (including phenoxy) is 2. The Morgan fingerprint density at radius 1 is 1.32 bits per heavy atom. The predicted octanol–water partition coefficient (Wildman–Crippen LogP) is 2.70. The summed E-state index contributed by atoms with van der Waals surface area (Å²) in [6, 6.07) is 10.1. The molecule has 0 saturated carbocycles. The molecule has 1 aliphatic rings. The first-order chi connectivity index (χ1) is 12.3. The van der Waals surface area contributed by atoms with Crippen LogP contribution in [0.15, 0.2) is 41.1 Å². The van der Waals surface area contributed by atoms with Crippen LogP contribution in [0.3, 0.4) is 0 Å². The molecular formula is C18H20N4O2S. The second-order valence-corrected chi connectivity index (χ2v) is 6.77. The van der Waals surface area contributed by atoms with Crippen LogP contribution in [0.4, 0.5) is 0 Å². The number of rotatable bonds is 6. The molecule has 25 heavy (non-hydrogen) atoms. The van der Waals surface area contributed by atoms with Crippen molar-refractivity contribution in [3.63, 3.8) is 0 Å². The number of thiophene rings is 1. The zero-order valence-electron chi connectivity index (χ0n) is 14.0. The monoisotopic (exact) mass is 356 g/mol. The lowest BCUT2D eigenvalue weighted by Crippen LogP contribution is -2.36. The molecule has 7 heteroatoms. The summed E-state index contributed by atoms with van der Waals surface area (Å²) in [6.07, 6.45) is 0.0998. The van der Waals surface area contributed by atoms with Crippen molar-refractivity contribution in [2.45, 2.75) is 25.8 Å². The molecule has 3 aromatic rings. The molecule has 130 valence electrons. The average Bonchev–Trinajstić information content (AvgIpc) is 3.31. The lowest BCUT2D eigenvalue weighted by molar-refractivity contribution is 0.00125. The molecule has 0 aliphatic carbocycles. The highest BCUT2D eigenvalue weighted by Gasteiger charge is 2.24. The van der Waals surface area contributed by atoms with Crippen LogP contribution in [0, 0.1) is 0 Å². The molecular weight excluding hydrogens is 336 g/mol. The van der Waals surface area contributed by atoms with Crippen LogP contribution in [0.25, 0.3) is 11.3 Å². The van der Waals surface area contributed by atoms with E-state index >= 15 is 0 Å². The standard InChI is InChI=1S/C18H20N4O2S/c1-23-15-4-2-13(3-5-15)8-19-9-16-10-22-17(11-24-16)18(20-21-22)14-6-7-25-12-14/h2-7,12,16,19H,8-11H2,1H3/t16-/m1/s1. The SMILES string of the molecule is COc1ccc(CNC[C@@H]2Cn3nnc(-c4ccsc4)c3CO2)cc1. The molecule has 1 N–H and O–H groups in total. The second kappa shape index (κ2) is 7.35. The highest BCUT2D eigenvalue weighted by Crippen LogP contribution is 2.26. The van der Waals surface area contributed by atoms with Crippen LogP contribution in [-0.2, 0) is 24.4 Å². The minimum atomic E-state index is 0.0998. The van der Waals surface area contributed by atoms with E-state index in [1.807, 2.05) is 16.8 Å². The van der Waals surface area contributed by atoms with Gasteiger partial charge in [0.2, 0.25) is 0 Å². The molecule has 0 spiro atoms. The summed E-state index contributed by atoms with van der Waals surface area (Å²) in [5, 5.41) is 16.2. The van der Waals surface area contributed by atoms with E-state index in [0.29, 0.717) is 6.61 Å².